The van der Waals surface area contributed by atoms with E-state index in [4.69, 9.17) is 14.2 Å². The summed E-state index contributed by atoms with van der Waals surface area (Å²) in [6.45, 7) is 7.54. The van der Waals surface area contributed by atoms with E-state index in [2.05, 4.69) is 34.2 Å². The van der Waals surface area contributed by atoms with E-state index >= 15 is 0 Å². The molecule has 36 heavy (non-hydrogen) atoms. The van der Waals surface area contributed by atoms with Crippen molar-refractivity contribution in [3.8, 4) is 22.8 Å². The van der Waals surface area contributed by atoms with Gasteiger partial charge in [0, 0.05) is 37.3 Å². The van der Waals surface area contributed by atoms with Crippen molar-refractivity contribution in [2.24, 2.45) is 0 Å². The first-order valence-electron chi connectivity index (χ1n) is 12.8. The molecule has 2 aliphatic heterocycles. The van der Waals surface area contributed by atoms with Crippen LogP contribution in [0.5, 0.6) is 11.5 Å². The lowest BCUT2D eigenvalue weighted by molar-refractivity contribution is 0.0316. The molecule has 3 aromatic rings. The summed E-state index contributed by atoms with van der Waals surface area (Å²) in [5.74, 6) is 1.61. The Morgan fingerprint density at radius 2 is 1.75 bits per heavy atom. The number of fused-ring (bicyclic) bond motifs is 1. The Hall–Kier alpha value is -3.36. The number of unbranched alkanes of at least 4 members (excludes halogenated alkanes) is 1. The van der Waals surface area contributed by atoms with E-state index in [0.29, 0.717) is 18.8 Å². The lowest BCUT2D eigenvalue weighted by Gasteiger charge is -2.31. The minimum absolute atomic E-state index is 0.0150. The van der Waals surface area contributed by atoms with Gasteiger partial charge in [-0.15, -0.1) is 0 Å². The van der Waals surface area contributed by atoms with Gasteiger partial charge in [0.2, 0.25) is 0 Å². The van der Waals surface area contributed by atoms with Crippen LogP contribution in [0.1, 0.15) is 47.4 Å². The molecule has 5 rings (SSSR count). The third-order valence-electron chi connectivity index (χ3n) is 6.95. The second kappa shape index (κ2) is 11.1. The van der Waals surface area contributed by atoms with Crippen LogP contribution in [0.2, 0.25) is 0 Å². The average molecular weight is 491 g/mol. The van der Waals surface area contributed by atoms with Crippen molar-refractivity contribution >= 4 is 5.91 Å². The summed E-state index contributed by atoms with van der Waals surface area (Å²) >= 11 is 0. The number of hydrogen-bond acceptors (Lipinski definition) is 6. The van der Waals surface area contributed by atoms with Crippen LogP contribution in [-0.2, 0) is 4.74 Å². The van der Waals surface area contributed by atoms with Crippen LogP contribution in [0.4, 0.5) is 0 Å². The highest BCUT2D eigenvalue weighted by atomic mass is 16.5. The molecule has 8 heteroatoms. The summed E-state index contributed by atoms with van der Waals surface area (Å²) in [4.78, 5) is 17.9. The van der Waals surface area contributed by atoms with E-state index in [9.17, 15) is 4.79 Å². The summed E-state index contributed by atoms with van der Waals surface area (Å²) in [6.07, 6.45) is 2.12. The Balaban J connectivity index is 1.46. The van der Waals surface area contributed by atoms with Gasteiger partial charge in [-0.3, -0.25) is 14.8 Å². The standard InChI is InChI=1S/C28H34N4O4/c1-3-4-17-36-23-11-7-21(8-12-23)27-24-25(20-5-9-22(34-2)10-6-20)29-30-26(24)28(33)32(27)14-13-31-15-18-35-19-16-31/h5-12,27H,3-4,13-19H2,1-2H3,(H,29,30). The molecule has 0 spiro atoms. The topological polar surface area (TPSA) is 79.9 Å². The van der Waals surface area contributed by atoms with Gasteiger partial charge in [-0.2, -0.15) is 5.10 Å². The van der Waals surface area contributed by atoms with Crippen molar-refractivity contribution in [3.05, 3.63) is 65.4 Å². The molecule has 1 fully saturated rings. The van der Waals surface area contributed by atoms with E-state index in [0.717, 1.165) is 79.6 Å². The zero-order valence-corrected chi connectivity index (χ0v) is 21.0. The fourth-order valence-electron chi connectivity index (χ4n) is 4.90. The monoisotopic (exact) mass is 490 g/mol. The number of carbonyl (C=O) groups is 1. The molecule has 2 aromatic carbocycles. The smallest absolute Gasteiger partial charge is 0.273 e. The number of benzene rings is 2. The second-order valence-corrected chi connectivity index (χ2v) is 9.22. The van der Waals surface area contributed by atoms with Gasteiger partial charge in [0.1, 0.15) is 17.2 Å². The fourth-order valence-corrected chi connectivity index (χ4v) is 4.90. The Morgan fingerprint density at radius 1 is 1.03 bits per heavy atom. The predicted molar refractivity (Wildman–Crippen MR) is 138 cm³/mol. The Morgan fingerprint density at radius 3 is 2.44 bits per heavy atom. The van der Waals surface area contributed by atoms with Crippen molar-refractivity contribution in [3.63, 3.8) is 0 Å². The van der Waals surface area contributed by atoms with Crippen LogP contribution in [0, 0.1) is 0 Å². The van der Waals surface area contributed by atoms with Crippen molar-refractivity contribution in [2.45, 2.75) is 25.8 Å². The Labute approximate surface area is 212 Å². The molecule has 0 bridgehead atoms. The molecule has 3 heterocycles. The van der Waals surface area contributed by atoms with Gasteiger partial charge in [-0.05, 0) is 48.4 Å². The number of H-pyrrole nitrogens is 1. The summed E-state index contributed by atoms with van der Waals surface area (Å²) < 4.78 is 16.7. The van der Waals surface area contributed by atoms with Crippen LogP contribution >= 0.6 is 0 Å². The minimum Gasteiger partial charge on any atom is -0.497 e. The molecule has 1 amide bonds. The van der Waals surface area contributed by atoms with Gasteiger partial charge in [-0.1, -0.05) is 25.5 Å². The van der Waals surface area contributed by atoms with E-state index in [1.54, 1.807) is 7.11 Å². The molecule has 1 atom stereocenters. The molecular weight excluding hydrogens is 456 g/mol. The maximum absolute atomic E-state index is 13.6. The summed E-state index contributed by atoms with van der Waals surface area (Å²) in [6, 6.07) is 15.7. The molecular formula is C28H34N4O4. The number of nitrogens with zero attached hydrogens (tertiary/aromatic N) is 3. The molecule has 0 aliphatic carbocycles. The van der Waals surface area contributed by atoms with Gasteiger partial charge >= 0.3 is 0 Å². The maximum Gasteiger partial charge on any atom is 0.273 e. The zero-order valence-electron chi connectivity index (χ0n) is 21.0. The number of rotatable bonds is 10. The van der Waals surface area contributed by atoms with Crippen LogP contribution < -0.4 is 9.47 Å². The third kappa shape index (κ3) is 4.96. The fraction of sp³-hybridized carbons (Fsp3) is 0.429. The first kappa shape index (κ1) is 24.3. The molecule has 1 N–H and O–H groups in total. The van der Waals surface area contributed by atoms with E-state index in [1.807, 2.05) is 41.3 Å². The molecule has 8 nitrogen and oxygen atoms in total. The number of carbonyl (C=O) groups excluding carboxylic acids is 1. The predicted octanol–water partition coefficient (Wildman–Crippen LogP) is 4.14. The summed E-state index contributed by atoms with van der Waals surface area (Å²) in [5.41, 5.74) is 4.27. The van der Waals surface area contributed by atoms with Gasteiger partial charge in [0.25, 0.3) is 5.91 Å². The lowest BCUT2D eigenvalue weighted by atomic mass is 9.96. The molecule has 1 unspecified atom stereocenters. The summed E-state index contributed by atoms with van der Waals surface area (Å²) in [5, 5.41) is 7.62. The van der Waals surface area contributed by atoms with Crippen molar-refractivity contribution in [1.29, 1.82) is 0 Å². The van der Waals surface area contributed by atoms with Gasteiger partial charge < -0.3 is 19.1 Å². The maximum atomic E-state index is 13.6. The number of amides is 1. The number of ether oxygens (including phenoxy) is 3. The number of methoxy groups -OCH3 is 1. The van der Waals surface area contributed by atoms with Gasteiger partial charge in [0.05, 0.1) is 38.7 Å². The van der Waals surface area contributed by atoms with Gasteiger partial charge in [0.15, 0.2) is 0 Å². The van der Waals surface area contributed by atoms with Crippen molar-refractivity contribution < 1.29 is 19.0 Å². The van der Waals surface area contributed by atoms with Gasteiger partial charge in [-0.25, -0.2) is 0 Å². The third-order valence-corrected chi connectivity index (χ3v) is 6.95. The number of nitrogens with one attached hydrogen (secondary N) is 1. The Kier molecular flexibility index (Phi) is 7.53. The highest BCUT2D eigenvalue weighted by Gasteiger charge is 2.42. The van der Waals surface area contributed by atoms with Crippen molar-refractivity contribution in [1.82, 2.24) is 20.0 Å². The van der Waals surface area contributed by atoms with E-state index in [1.165, 1.54) is 0 Å². The lowest BCUT2D eigenvalue weighted by Crippen LogP contribution is -2.42. The number of aromatic amines is 1. The van der Waals surface area contributed by atoms with Crippen LogP contribution in [0.15, 0.2) is 48.5 Å². The number of aromatic nitrogens is 2. The molecule has 0 saturated carbocycles. The first-order valence-corrected chi connectivity index (χ1v) is 12.8. The molecule has 190 valence electrons. The van der Waals surface area contributed by atoms with E-state index in [-0.39, 0.29) is 11.9 Å². The minimum atomic E-state index is -0.228. The van der Waals surface area contributed by atoms with Crippen LogP contribution in [0.25, 0.3) is 11.3 Å². The molecule has 2 aliphatic rings. The van der Waals surface area contributed by atoms with Crippen LogP contribution in [-0.4, -0.2) is 79.0 Å². The van der Waals surface area contributed by atoms with Crippen LogP contribution in [0.3, 0.4) is 0 Å². The quantitative estimate of drug-likeness (QED) is 0.430. The number of morpholine rings is 1. The highest BCUT2D eigenvalue weighted by molar-refractivity contribution is 6.00. The molecule has 0 radical (unpaired) electrons. The SMILES string of the molecule is CCCCOc1ccc(C2c3c(-c4ccc(OC)cc4)n[nH]c3C(=O)N2CCN2CCOCC2)cc1. The van der Waals surface area contributed by atoms with E-state index < -0.39 is 0 Å². The normalized spacial score (nSPS) is 17.9. The first-order chi connectivity index (χ1) is 17.7. The zero-order chi connectivity index (χ0) is 24.9. The summed E-state index contributed by atoms with van der Waals surface area (Å²) in [7, 11) is 1.65. The van der Waals surface area contributed by atoms with Crippen molar-refractivity contribution in [2.75, 3.05) is 53.1 Å². The molecule has 1 aromatic heterocycles. The molecule has 1 saturated heterocycles. The second-order valence-electron chi connectivity index (χ2n) is 9.22. The number of hydrogen-bond donors (Lipinski definition) is 1. The largest absolute Gasteiger partial charge is 0.497 e. The average Bonchev–Trinajstić information content (AvgIpc) is 3.47. The Bertz CT molecular complexity index is 1150. The highest BCUT2D eigenvalue weighted by Crippen LogP contribution is 2.43.